The van der Waals surface area contributed by atoms with Gasteiger partial charge in [-0.2, -0.15) is 0 Å². The van der Waals surface area contributed by atoms with Gasteiger partial charge in [-0.3, -0.25) is 4.57 Å². The number of hydrogen-bond donors (Lipinski definition) is 2. The van der Waals surface area contributed by atoms with Crippen LogP contribution in [0.4, 0.5) is 4.39 Å². The summed E-state index contributed by atoms with van der Waals surface area (Å²) in [4.78, 5) is 24.1. The first-order chi connectivity index (χ1) is 11.1. The highest BCUT2D eigenvalue weighted by molar-refractivity contribution is 7.52. The molecule has 0 spiro atoms. The number of ether oxygens (including phenoxy) is 1. The minimum absolute atomic E-state index is 0.0215. The molecule has 2 N–H and O–H groups in total. The van der Waals surface area contributed by atoms with Crippen LogP contribution in [-0.2, 0) is 21.2 Å². The zero-order chi connectivity index (χ0) is 17.8. The molecule has 1 aliphatic rings. The monoisotopic (exact) mass is 354 g/mol. The van der Waals surface area contributed by atoms with Gasteiger partial charge in [0.1, 0.15) is 5.52 Å². The Morgan fingerprint density at radius 3 is 2.67 bits per heavy atom. The highest BCUT2D eigenvalue weighted by Gasteiger charge is 2.55. The maximum atomic E-state index is 14.2. The van der Waals surface area contributed by atoms with E-state index in [1.165, 1.54) is 18.4 Å². The van der Waals surface area contributed by atoms with Crippen LogP contribution in [0.5, 0.6) is 0 Å². The number of benzene rings is 1. The molecule has 1 unspecified atom stereocenters. The molecule has 2 aromatic rings. The quantitative estimate of drug-likeness (QED) is 0.825. The molecular formula is C16H20FN2O4P. The summed E-state index contributed by atoms with van der Waals surface area (Å²) in [5.74, 6) is -0.482. The highest BCUT2D eigenvalue weighted by Crippen LogP contribution is 2.61. The number of halogens is 1. The number of imidazole rings is 1. The first-order valence-electron chi connectivity index (χ1n) is 7.59. The third-order valence-electron chi connectivity index (χ3n) is 3.94. The van der Waals surface area contributed by atoms with Crippen molar-refractivity contribution in [1.29, 1.82) is 0 Å². The zero-order valence-electron chi connectivity index (χ0n) is 13.7. The maximum absolute atomic E-state index is 14.2. The van der Waals surface area contributed by atoms with Crippen LogP contribution < -0.4 is 0 Å². The summed E-state index contributed by atoms with van der Waals surface area (Å²) in [6, 6.07) is 4.52. The lowest BCUT2D eigenvalue weighted by Gasteiger charge is -2.31. The number of hydrogen-bond acceptors (Lipinski definition) is 3. The van der Waals surface area contributed by atoms with Gasteiger partial charge in [0.25, 0.3) is 5.34 Å². The summed E-state index contributed by atoms with van der Waals surface area (Å²) in [5, 5.41) is -1.91. The molecule has 1 aromatic carbocycles. The van der Waals surface area contributed by atoms with Gasteiger partial charge < -0.3 is 19.1 Å². The summed E-state index contributed by atoms with van der Waals surface area (Å²) in [6.07, 6.45) is 2.78. The molecule has 0 fully saturated rings. The minimum Gasteiger partial charge on any atom is -0.474 e. The van der Waals surface area contributed by atoms with E-state index < -0.39 is 18.8 Å². The van der Waals surface area contributed by atoms with Crippen LogP contribution in [0.25, 0.3) is 11.0 Å². The van der Waals surface area contributed by atoms with Gasteiger partial charge in [0.05, 0.1) is 11.8 Å². The molecule has 0 bridgehead atoms. The molecule has 24 heavy (non-hydrogen) atoms. The normalized spacial score (nSPS) is 21.4. The average molecular weight is 354 g/mol. The van der Waals surface area contributed by atoms with Gasteiger partial charge in [-0.15, -0.1) is 0 Å². The van der Waals surface area contributed by atoms with Crippen LogP contribution in [0.2, 0.25) is 0 Å². The van der Waals surface area contributed by atoms with Crippen molar-refractivity contribution >= 4 is 18.6 Å². The van der Waals surface area contributed by atoms with E-state index in [-0.39, 0.29) is 23.2 Å². The zero-order valence-corrected chi connectivity index (χ0v) is 14.6. The molecule has 0 amide bonds. The van der Waals surface area contributed by atoms with E-state index in [0.717, 1.165) is 0 Å². The first kappa shape index (κ1) is 17.1. The van der Waals surface area contributed by atoms with Crippen LogP contribution in [0.15, 0.2) is 30.5 Å². The standard InChI is InChI=1S/C16H20FN2O4P/c1-15(2,3)10-19-12-7-4-6-11(17)13(12)18-14(19)16(24(20,21)22)8-5-9-23-16/h4-7,9H,8,10H2,1-3H3,(H2,20,21,22). The van der Waals surface area contributed by atoms with Crippen molar-refractivity contribution in [2.24, 2.45) is 5.41 Å². The lowest BCUT2D eigenvalue weighted by Crippen LogP contribution is -2.31. The Kier molecular flexibility index (Phi) is 3.86. The molecule has 0 saturated carbocycles. The Morgan fingerprint density at radius 2 is 2.12 bits per heavy atom. The SMILES string of the molecule is CC(C)(C)Cn1c(C2(P(=O)(O)O)CC=CO2)nc2c(F)cccc21. The van der Waals surface area contributed by atoms with Crippen molar-refractivity contribution in [3.05, 3.63) is 42.2 Å². The first-order valence-corrected chi connectivity index (χ1v) is 9.20. The number of rotatable bonds is 3. The molecule has 3 rings (SSSR count). The van der Waals surface area contributed by atoms with Crippen LogP contribution in [0.1, 0.15) is 33.0 Å². The summed E-state index contributed by atoms with van der Waals surface area (Å²) in [6.45, 7) is 6.37. The molecule has 1 aromatic heterocycles. The fourth-order valence-electron chi connectivity index (χ4n) is 2.92. The second-order valence-electron chi connectivity index (χ2n) is 7.21. The van der Waals surface area contributed by atoms with Crippen molar-refractivity contribution in [1.82, 2.24) is 9.55 Å². The Balaban J connectivity index is 2.33. The fraction of sp³-hybridized carbons (Fsp3) is 0.438. The molecular weight excluding hydrogens is 334 g/mol. The van der Waals surface area contributed by atoms with Crippen LogP contribution in [0.3, 0.4) is 0 Å². The maximum Gasteiger partial charge on any atom is 0.376 e. The van der Waals surface area contributed by atoms with Crippen molar-refractivity contribution in [2.45, 2.75) is 39.1 Å². The van der Waals surface area contributed by atoms with Crippen molar-refractivity contribution in [2.75, 3.05) is 0 Å². The average Bonchev–Trinajstić information content (AvgIpc) is 3.03. The van der Waals surface area contributed by atoms with Crippen molar-refractivity contribution in [3.8, 4) is 0 Å². The van der Waals surface area contributed by atoms with Gasteiger partial charge in [-0.25, -0.2) is 9.37 Å². The summed E-state index contributed by atoms with van der Waals surface area (Å²) in [7, 11) is -4.72. The molecule has 6 nitrogen and oxygen atoms in total. The second-order valence-corrected chi connectivity index (χ2v) is 9.02. The Hall–Kier alpha value is -1.69. The number of fused-ring (bicyclic) bond motifs is 1. The van der Waals surface area contributed by atoms with Crippen LogP contribution in [-0.4, -0.2) is 19.3 Å². The van der Waals surface area contributed by atoms with Gasteiger partial charge in [-0.05, 0) is 23.6 Å². The topological polar surface area (TPSA) is 84.6 Å². The van der Waals surface area contributed by atoms with Crippen LogP contribution >= 0.6 is 7.60 Å². The summed E-state index contributed by atoms with van der Waals surface area (Å²) < 4.78 is 33.4. The third-order valence-corrected chi connectivity index (χ3v) is 5.36. The van der Waals surface area contributed by atoms with Gasteiger partial charge in [-0.1, -0.05) is 26.8 Å². The number of nitrogens with zero attached hydrogens (tertiary/aromatic N) is 2. The summed E-state index contributed by atoms with van der Waals surface area (Å²) in [5.41, 5.74) is 0.361. The van der Waals surface area contributed by atoms with E-state index in [0.29, 0.717) is 12.1 Å². The molecule has 0 radical (unpaired) electrons. The minimum atomic E-state index is -4.72. The lowest BCUT2D eigenvalue weighted by molar-refractivity contribution is 0.0783. The Bertz CT molecular complexity index is 855. The third kappa shape index (κ3) is 2.66. The fourth-order valence-corrected chi connectivity index (χ4v) is 3.90. The molecule has 8 heteroatoms. The smallest absolute Gasteiger partial charge is 0.376 e. The molecule has 1 aliphatic heterocycles. The van der Waals surface area contributed by atoms with E-state index in [1.54, 1.807) is 16.7 Å². The highest BCUT2D eigenvalue weighted by atomic mass is 31.2. The molecule has 130 valence electrons. The van der Waals surface area contributed by atoms with Gasteiger partial charge >= 0.3 is 7.60 Å². The lowest BCUT2D eigenvalue weighted by atomic mass is 9.96. The molecule has 0 saturated heterocycles. The van der Waals surface area contributed by atoms with E-state index in [1.807, 2.05) is 20.8 Å². The second kappa shape index (κ2) is 5.41. The van der Waals surface area contributed by atoms with E-state index in [4.69, 9.17) is 4.74 Å². The van der Waals surface area contributed by atoms with E-state index in [9.17, 15) is 18.7 Å². The van der Waals surface area contributed by atoms with Gasteiger partial charge in [0, 0.05) is 13.0 Å². The Labute approximate surface area is 139 Å². The van der Waals surface area contributed by atoms with Crippen molar-refractivity contribution < 1.29 is 23.5 Å². The largest absolute Gasteiger partial charge is 0.474 e. The van der Waals surface area contributed by atoms with Crippen molar-refractivity contribution in [3.63, 3.8) is 0 Å². The predicted molar refractivity (Wildman–Crippen MR) is 87.7 cm³/mol. The van der Waals surface area contributed by atoms with E-state index >= 15 is 0 Å². The van der Waals surface area contributed by atoms with Gasteiger partial charge in [0.2, 0.25) is 0 Å². The molecule has 2 heterocycles. The van der Waals surface area contributed by atoms with E-state index in [2.05, 4.69) is 4.98 Å². The van der Waals surface area contributed by atoms with Crippen LogP contribution in [0, 0.1) is 11.2 Å². The Morgan fingerprint density at radius 1 is 1.42 bits per heavy atom. The van der Waals surface area contributed by atoms with Gasteiger partial charge in [0.15, 0.2) is 11.6 Å². The number of aromatic nitrogens is 2. The predicted octanol–water partition coefficient (Wildman–Crippen LogP) is 3.49. The molecule has 0 aliphatic carbocycles. The summed E-state index contributed by atoms with van der Waals surface area (Å²) >= 11 is 0. The number of para-hydroxylation sites is 1. The molecule has 1 atom stereocenters.